The van der Waals surface area contributed by atoms with E-state index in [1.165, 1.54) is 30.6 Å². The minimum Gasteiger partial charge on any atom is -0.478 e. The summed E-state index contributed by atoms with van der Waals surface area (Å²) in [5, 5.41) is 12.3. The first-order valence-corrected chi connectivity index (χ1v) is 8.13. The molecule has 0 aliphatic heterocycles. The van der Waals surface area contributed by atoms with Gasteiger partial charge in [0.15, 0.2) is 0 Å². The van der Waals surface area contributed by atoms with Gasteiger partial charge in [-0.25, -0.2) is 4.79 Å². The fourth-order valence-corrected chi connectivity index (χ4v) is 3.26. The molecule has 0 radical (unpaired) electrons. The lowest BCUT2D eigenvalue weighted by molar-refractivity contribution is -0.274. The lowest BCUT2D eigenvalue weighted by Gasteiger charge is -2.27. The van der Waals surface area contributed by atoms with Gasteiger partial charge < -0.3 is 15.2 Å². The molecule has 1 aromatic heterocycles. The first-order chi connectivity index (χ1) is 12.3. The number of aryl methyl sites for hydroxylation is 1. The summed E-state index contributed by atoms with van der Waals surface area (Å²) < 4.78 is 41.1. The monoisotopic (exact) mass is 366 g/mol. The van der Waals surface area contributed by atoms with Gasteiger partial charge >= 0.3 is 12.3 Å². The van der Waals surface area contributed by atoms with Crippen LogP contribution in [0.4, 0.5) is 18.9 Å². The smallest absolute Gasteiger partial charge is 0.478 e. The number of pyridine rings is 1. The largest absolute Gasteiger partial charge is 0.573 e. The zero-order valence-electron chi connectivity index (χ0n) is 13.7. The topological polar surface area (TPSA) is 71.5 Å². The van der Waals surface area contributed by atoms with Gasteiger partial charge in [-0.1, -0.05) is 6.07 Å². The Balaban J connectivity index is 1.75. The van der Waals surface area contributed by atoms with E-state index < -0.39 is 12.3 Å². The van der Waals surface area contributed by atoms with Gasteiger partial charge in [0.1, 0.15) is 5.75 Å². The van der Waals surface area contributed by atoms with Gasteiger partial charge in [-0.15, -0.1) is 13.2 Å². The van der Waals surface area contributed by atoms with E-state index in [9.17, 15) is 23.1 Å². The molecule has 26 heavy (non-hydrogen) atoms. The van der Waals surface area contributed by atoms with Gasteiger partial charge in [0, 0.05) is 18.7 Å². The Labute approximate surface area is 147 Å². The maximum Gasteiger partial charge on any atom is 0.573 e. The quantitative estimate of drug-likeness (QED) is 0.829. The highest BCUT2D eigenvalue weighted by atomic mass is 19.4. The van der Waals surface area contributed by atoms with Crippen molar-refractivity contribution in [3.8, 4) is 5.75 Å². The van der Waals surface area contributed by atoms with E-state index in [0.29, 0.717) is 18.7 Å². The molecule has 8 heteroatoms. The molecule has 0 saturated heterocycles. The number of carboxylic acid groups (broad SMARTS) is 1. The molecule has 0 fully saturated rings. The zero-order chi connectivity index (χ0) is 18.7. The number of hydrogen-bond acceptors (Lipinski definition) is 4. The number of carbonyl (C=O) groups is 1. The van der Waals surface area contributed by atoms with Crippen molar-refractivity contribution >= 4 is 11.7 Å². The Morgan fingerprint density at radius 3 is 2.88 bits per heavy atom. The van der Waals surface area contributed by atoms with Crippen molar-refractivity contribution in [1.29, 1.82) is 0 Å². The molecule has 5 nitrogen and oxygen atoms in total. The fraction of sp³-hybridized carbons (Fsp3) is 0.333. The first-order valence-electron chi connectivity index (χ1n) is 8.13. The third kappa shape index (κ3) is 4.25. The van der Waals surface area contributed by atoms with Crippen LogP contribution in [0.3, 0.4) is 0 Å². The summed E-state index contributed by atoms with van der Waals surface area (Å²) in [4.78, 5) is 15.2. The molecule has 0 bridgehead atoms. The van der Waals surface area contributed by atoms with Gasteiger partial charge in [-0.3, -0.25) is 4.98 Å². The van der Waals surface area contributed by atoms with Gasteiger partial charge in [0.25, 0.3) is 0 Å². The van der Waals surface area contributed by atoms with Crippen molar-refractivity contribution in [2.45, 2.75) is 31.5 Å². The van der Waals surface area contributed by atoms with E-state index in [0.717, 1.165) is 24.0 Å². The number of ether oxygens (including phenoxy) is 1. The number of halogens is 3. The van der Waals surface area contributed by atoms with E-state index in [2.05, 4.69) is 15.0 Å². The summed E-state index contributed by atoms with van der Waals surface area (Å²) in [6, 6.07) is 5.82. The predicted octanol–water partition coefficient (Wildman–Crippen LogP) is 4.21. The van der Waals surface area contributed by atoms with Crippen LogP contribution in [0.15, 0.2) is 36.7 Å². The molecule has 1 atom stereocenters. The molecule has 0 spiro atoms. The first kappa shape index (κ1) is 18.0. The van der Waals surface area contributed by atoms with Crippen molar-refractivity contribution in [2.75, 3.05) is 11.9 Å². The molecule has 138 valence electrons. The second-order valence-corrected chi connectivity index (χ2v) is 6.10. The van der Waals surface area contributed by atoms with E-state index in [1.807, 2.05) is 0 Å². The third-order valence-corrected chi connectivity index (χ3v) is 4.38. The van der Waals surface area contributed by atoms with Crippen LogP contribution in [0.5, 0.6) is 5.75 Å². The number of anilines is 1. The molecule has 0 amide bonds. The molecule has 1 heterocycles. The number of aromatic carboxylic acids is 1. The van der Waals surface area contributed by atoms with E-state index >= 15 is 0 Å². The minimum absolute atomic E-state index is 0.0699. The van der Waals surface area contributed by atoms with Crippen molar-refractivity contribution in [1.82, 2.24) is 4.98 Å². The van der Waals surface area contributed by atoms with Gasteiger partial charge in [-0.05, 0) is 48.6 Å². The number of fused-ring (bicyclic) bond motifs is 1. The molecule has 1 aromatic carbocycles. The summed E-state index contributed by atoms with van der Waals surface area (Å²) in [5.41, 5.74) is 2.34. The van der Waals surface area contributed by atoms with Crippen molar-refractivity contribution in [3.05, 3.63) is 53.3 Å². The standard InChI is InChI=1S/C18H17F3N2O3/c19-18(20,21)26-13-4-5-14-11(8-13)2-1-3-12(14)9-23-16-10-22-7-6-15(16)17(24)25/h4-8,10,12,23H,1-3,9H2,(H,24,25). The number of nitrogens with zero attached hydrogens (tertiary/aromatic N) is 1. The highest BCUT2D eigenvalue weighted by Gasteiger charge is 2.31. The van der Waals surface area contributed by atoms with Gasteiger partial charge in [0.2, 0.25) is 0 Å². The summed E-state index contributed by atoms with van der Waals surface area (Å²) >= 11 is 0. The summed E-state index contributed by atoms with van der Waals surface area (Å²) in [5.74, 6) is -1.20. The number of carboxylic acids is 1. The Kier molecular flexibility index (Phi) is 5.01. The number of benzene rings is 1. The average Bonchev–Trinajstić information content (AvgIpc) is 2.58. The molecule has 1 aliphatic rings. The van der Waals surface area contributed by atoms with Crippen LogP contribution in [0.25, 0.3) is 0 Å². The predicted molar refractivity (Wildman–Crippen MR) is 88.5 cm³/mol. The lowest BCUT2D eigenvalue weighted by Crippen LogP contribution is -2.20. The molecule has 2 N–H and O–H groups in total. The van der Waals surface area contributed by atoms with Crippen LogP contribution >= 0.6 is 0 Å². The van der Waals surface area contributed by atoms with Crippen molar-refractivity contribution in [2.24, 2.45) is 0 Å². The molecule has 0 saturated carbocycles. The minimum atomic E-state index is -4.71. The van der Waals surface area contributed by atoms with Crippen LogP contribution in [0.2, 0.25) is 0 Å². The van der Waals surface area contributed by atoms with E-state index in [4.69, 9.17) is 0 Å². The van der Waals surface area contributed by atoms with Crippen molar-refractivity contribution in [3.63, 3.8) is 0 Å². The van der Waals surface area contributed by atoms with Crippen LogP contribution < -0.4 is 10.1 Å². The SMILES string of the molecule is O=C(O)c1ccncc1NCC1CCCc2cc(OC(F)(F)F)ccc21. The number of nitrogens with one attached hydrogen (secondary N) is 1. The lowest BCUT2D eigenvalue weighted by atomic mass is 9.82. The summed E-state index contributed by atoms with van der Waals surface area (Å²) in [6.07, 6.45) is 0.543. The number of hydrogen-bond donors (Lipinski definition) is 2. The Morgan fingerprint density at radius 1 is 1.35 bits per heavy atom. The fourth-order valence-electron chi connectivity index (χ4n) is 3.26. The van der Waals surface area contributed by atoms with Crippen LogP contribution in [-0.4, -0.2) is 29.0 Å². The van der Waals surface area contributed by atoms with Crippen LogP contribution in [0, 0.1) is 0 Å². The molecule has 2 aromatic rings. The zero-order valence-corrected chi connectivity index (χ0v) is 13.7. The molecule has 1 aliphatic carbocycles. The maximum absolute atomic E-state index is 12.4. The van der Waals surface area contributed by atoms with Gasteiger partial charge in [-0.2, -0.15) is 0 Å². The summed E-state index contributed by atoms with van der Waals surface area (Å²) in [7, 11) is 0. The molecular formula is C18H17F3N2O3. The van der Waals surface area contributed by atoms with Crippen molar-refractivity contribution < 1.29 is 27.8 Å². The normalized spacial score (nSPS) is 16.7. The highest BCUT2D eigenvalue weighted by molar-refractivity contribution is 5.93. The molecule has 3 rings (SSSR count). The third-order valence-electron chi connectivity index (χ3n) is 4.38. The van der Waals surface area contributed by atoms with E-state index in [1.54, 1.807) is 6.07 Å². The number of rotatable bonds is 5. The second kappa shape index (κ2) is 7.23. The number of aromatic nitrogens is 1. The van der Waals surface area contributed by atoms with E-state index in [-0.39, 0.29) is 17.2 Å². The molecule has 1 unspecified atom stereocenters. The highest BCUT2D eigenvalue weighted by Crippen LogP contribution is 2.35. The average molecular weight is 366 g/mol. The summed E-state index contributed by atoms with van der Waals surface area (Å²) in [6.45, 7) is 0.471. The van der Waals surface area contributed by atoms with Crippen LogP contribution in [0.1, 0.15) is 40.2 Å². The Hall–Kier alpha value is -2.77. The Morgan fingerprint density at radius 2 is 2.15 bits per heavy atom. The maximum atomic E-state index is 12.4. The number of alkyl halides is 3. The van der Waals surface area contributed by atoms with Crippen LogP contribution in [-0.2, 0) is 6.42 Å². The molecular weight excluding hydrogens is 349 g/mol. The Bertz CT molecular complexity index is 809. The van der Waals surface area contributed by atoms with Gasteiger partial charge in [0.05, 0.1) is 17.4 Å². The second-order valence-electron chi connectivity index (χ2n) is 6.10.